The van der Waals surface area contributed by atoms with Crippen LogP contribution in [0.25, 0.3) is 33.1 Å². The highest BCUT2D eigenvalue weighted by atomic mass is 16.3. The average Bonchev–Trinajstić information content (AvgIpc) is 3.19. The average molecular weight is 301 g/mol. The number of hydrogen-bond donors (Lipinski definition) is 0. The van der Waals surface area contributed by atoms with Gasteiger partial charge in [0.1, 0.15) is 5.76 Å². The van der Waals surface area contributed by atoms with Crippen LogP contribution < -0.4 is 0 Å². The van der Waals surface area contributed by atoms with Crippen LogP contribution in [0.4, 0.5) is 0 Å². The maximum atomic E-state index is 12.4. The van der Waals surface area contributed by atoms with E-state index in [9.17, 15) is 4.79 Å². The number of benzene rings is 2. The van der Waals surface area contributed by atoms with Crippen molar-refractivity contribution in [3.8, 4) is 11.3 Å². The summed E-state index contributed by atoms with van der Waals surface area (Å²) in [4.78, 5) is 12.4. The van der Waals surface area contributed by atoms with Gasteiger partial charge in [-0.25, -0.2) is 0 Å². The fourth-order valence-electron chi connectivity index (χ4n) is 3.06. The summed E-state index contributed by atoms with van der Waals surface area (Å²) in [5, 5.41) is 2.12. The maximum Gasteiger partial charge on any atom is 0.254 e. The molecule has 0 saturated heterocycles. The van der Waals surface area contributed by atoms with Crippen molar-refractivity contribution in [2.24, 2.45) is 0 Å². The number of hydrogen-bond acceptors (Lipinski definition) is 2. The van der Waals surface area contributed by atoms with Crippen molar-refractivity contribution in [1.82, 2.24) is 4.57 Å². The quantitative estimate of drug-likeness (QED) is 0.478. The highest BCUT2D eigenvalue weighted by molar-refractivity contribution is 6.15. The van der Waals surface area contributed by atoms with Crippen LogP contribution in [-0.2, 0) is 0 Å². The van der Waals surface area contributed by atoms with Crippen LogP contribution in [0.15, 0.2) is 71.9 Å². The van der Waals surface area contributed by atoms with E-state index in [1.807, 2.05) is 42.5 Å². The molecule has 0 unspecified atom stereocenters. The van der Waals surface area contributed by atoms with Gasteiger partial charge in [-0.05, 0) is 43.3 Å². The van der Waals surface area contributed by atoms with Crippen LogP contribution in [0.3, 0.4) is 0 Å². The lowest BCUT2D eigenvalue weighted by Crippen LogP contribution is -2.06. The van der Waals surface area contributed by atoms with Crippen molar-refractivity contribution in [1.29, 1.82) is 0 Å². The van der Waals surface area contributed by atoms with Crippen molar-refractivity contribution >= 4 is 27.7 Å². The summed E-state index contributed by atoms with van der Waals surface area (Å²) in [5.41, 5.74) is 3.87. The van der Waals surface area contributed by atoms with E-state index in [1.54, 1.807) is 10.8 Å². The van der Waals surface area contributed by atoms with E-state index in [1.165, 1.54) is 6.08 Å². The van der Waals surface area contributed by atoms with Gasteiger partial charge >= 0.3 is 0 Å². The van der Waals surface area contributed by atoms with Gasteiger partial charge in [-0.3, -0.25) is 9.36 Å². The molecule has 2 aromatic carbocycles. The smallest absolute Gasteiger partial charge is 0.254 e. The molecule has 0 aliphatic carbocycles. The number of allylic oxidation sites excluding steroid dienone is 1. The van der Waals surface area contributed by atoms with Gasteiger partial charge in [-0.15, -0.1) is 0 Å². The van der Waals surface area contributed by atoms with Crippen LogP contribution in [0.1, 0.15) is 10.4 Å². The van der Waals surface area contributed by atoms with E-state index in [-0.39, 0.29) is 5.91 Å². The topological polar surface area (TPSA) is 35.1 Å². The molecule has 23 heavy (non-hydrogen) atoms. The van der Waals surface area contributed by atoms with Gasteiger partial charge in [-0.1, -0.05) is 30.3 Å². The Morgan fingerprint density at radius 1 is 1.09 bits per heavy atom. The fraction of sp³-hybridized carbons (Fsp3) is 0.0500. The lowest BCUT2D eigenvalue weighted by Gasteiger charge is -2.03. The number of carbonyl (C=O) groups is 1. The molecule has 0 fully saturated rings. The summed E-state index contributed by atoms with van der Waals surface area (Å²) in [6.45, 7) is 5.68. The molecule has 112 valence electrons. The van der Waals surface area contributed by atoms with Gasteiger partial charge in [0.2, 0.25) is 0 Å². The third-order valence-electron chi connectivity index (χ3n) is 4.12. The molecule has 4 rings (SSSR count). The Balaban J connectivity index is 2.13. The fourth-order valence-corrected chi connectivity index (χ4v) is 3.06. The predicted molar refractivity (Wildman–Crippen MR) is 92.7 cm³/mol. The van der Waals surface area contributed by atoms with Gasteiger partial charge in [0.05, 0.1) is 17.3 Å². The van der Waals surface area contributed by atoms with Crippen LogP contribution in [0.2, 0.25) is 0 Å². The first kappa shape index (κ1) is 13.6. The second-order valence-corrected chi connectivity index (χ2v) is 5.61. The molecule has 0 N–H and O–H groups in total. The molecule has 0 atom stereocenters. The molecule has 2 heterocycles. The van der Waals surface area contributed by atoms with Crippen molar-refractivity contribution in [2.75, 3.05) is 0 Å². The van der Waals surface area contributed by atoms with Crippen LogP contribution in [-0.4, -0.2) is 10.5 Å². The van der Waals surface area contributed by atoms with E-state index in [0.29, 0.717) is 0 Å². The number of carbonyl (C=O) groups excluding carboxylic acids is 1. The first-order chi connectivity index (χ1) is 11.2. The van der Waals surface area contributed by atoms with Crippen molar-refractivity contribution < 1.29 is 9.21 Å². The monoisotopic (exact) mass is 301 g/mol. The Hall–Kier alpha value is -3.07. The molecule has 0 aliphatic heterocycles. The Morgan fingerprint density at radius 2 is 1.96 bits per heavy atom. The summed E-state index contributed by atoms with van der Waals surface area (Å²) in [5.74, 6) is 0.649. The zero-order valence-electron chi connectivity index (χ0n) is 12.7. The molecule has 3 heteroatoms. The molecular weight excluding hydrogens is 286 g/mol. The number of aromatic nitrogens is 1. The molecule has 4 aromatic rings. The van der Waals surface area contributed by atoms with Crippen molar-refractivity contribution in [2.45, 2.75) is 6.92 Å². The van der Waals surface area contributed by atoms with Gasteiger partial charge in [0, 0.05) is 16.3 Å². The van der Waals surface area contributed by atoms with Gasteiger partial charge in [0.15, 0.2) is 0 Å². The van der Waals surface area contributed by atoms with Gasteiger partial charge < -0.3 is 4.42 Å². The molecule has 3 nitrogen and oxygen atoms in total. The summed E-state index contributed by atoms with van der Waals surface area (Å²) in [7, 11) is 0. The predicted octanol–water partition coefficient (Wildman–Crippen LogP) is 5.19. The Bertz CT molecular complexity index is 1050. The molecule has 0 amide bonds. The van der Waals surface area contributed by atoms with E-state index in [4.69, 9.17) is 4.42 Å². The lowest BCUT2D eigenvalue weighted by atomic mass is 10.1. The van der Waals surface area contributed by atoms with E-state index in [0.717, 1.165) is 38.7 Å². The standard InChI is InChI=1S/C20H15NO2/c1-3-20(22)21-17-9-6-13(2)11-16(17)15-8-7-14(12-18(15)21)19-5-4-10-23-19/h3-12H,1H2,2H3. The Morgan fingerprint density at radius 3 is 2.70 bits per heavy atom. The first-order valence-electron chi connectivity index (χ1n) is 7.44. The van der Waals surface area contributed by atoms with E-state index >= 15 is 0 Å². The Kier molecular flexibility index (Phi) is 2.95. The highest BCUT2D eigenvalue weighted by Gasteiger charge is 2.15. The first-order valence-corrected chi connectivity index (χ1v) is 7.44. The summed E-state index contributed by atoms with van der Waals surface area (Å²) < 4.78 is 7.19. The zero-order valence-corrected chi connectivity index (χ0v) is 12.7. The lowest BCUT2D eigenvalue weighted by molar-refractivity contribution is 0.0978. The Labute approximate surface area is 133 Å². The van der Waals surface area contributed by atoms with Crippen molar-refractivity contribution in [3.05, 3.63) is 73.0 Å². The molecule has 0 radical (unpaired) electrons. The molecule has 0 saturated carbocycles. The maximum absolute atomic E-state index is 12.4. The summed E-state index contributed by atoms with van der Waals surface area (Å²) in [6, 6.07) is 15.9. The highest BCUT2D eigenvalue weighted by Crippen LogP contribution is 2.33. The second kappa shape index (κ2) is 4.99. The molecule has 0 aliphatic rings. The largest absolute Gasteiger partial charge is 0.464 e. The SMILES string of the molecule is C=CC(=O)n1c2ccc(C)cc2c2ccc(-c3ccco3)cc21. The number of aryl methyl sites for hydroxylation is 1. The van der Waals surface area contributed by atoms with E-state index < -0.39 is 0 Å². The second-order valence-electron chi connectivity index (χ2n) is 5.61. The molecule has 0 spiro atoms. The number of fused-ring (bicyclic) bond motifs is 3. The third kappa shape index (κ3) is 2.01. The minimum atomic E-state index is -0.134. The normalized spacial score (nSPS) is 11.2. The van der Waals surface area contributed by atoms with Crippen molar-refractivity contribution in [3.63, 3.8) is 0 Å². The molecule has 2 aromatic heterocycles. The number of nitrogens with zero attached hydrogens (tertiary/aromatic N) is 1. The minimum absolute atomic E-state index is 0.134. The summed E-state index contributed by atoms with van der Waals surface area (Å²) >= 11 is 0. The van der Waals surface area contributed by atoms with E-state index in [2.05, 4.69) is 19.6 Å². The molecule has 0 bridgehead atoms. The number of rotatable bonds is 2. The van der Waals surface area contributed by atoms with Crippen LogP contribution in [0.5, 0.6) is 0 Å². The van der Waals surface area contributed by atoms with Crippen LogP contribution >= 0.6 is 0 Å². The molecular formula is C20H15NO2. The van der Waals surface area contributed by atoms with Gasteiger partial charge in [0.25, 0.3) is 5.91 Å². The van der Waals surface area contributed by atoms with Crippen LogP contribution in [0, 0.1) is 6.92 Å². The third-order valence-corrected chi connectivity index (χ3v) is 4.12. The summed E-state index contributed by atoms with van der Waals surface area (Å²) in [6.07, 6.45) is 2.99. The van der Waals surface area contributed by atoms with Gasteiger partial charge in [-0.2, -0.15) is 0 Å². The minimum Gasteiger partial charge on any atom is -0.464 e. The number of furan rings is 1. The zero-order chi connectivity index (χ0) is 16.0.